The first-order valence-corrected chi connectivity index (χ1v) is 8.40. The summed E-state index contributed by atoms with van der Waals surface area (Å²) in [5.41, 5.74) is 2.50. The molecule has 1 N–H and O–H groups in total. The van der Waals surface area contributed by atoms with Crippen LogP contribution in [0.15, 0.2) is 18.2 Å². The molecule has 1 heterocycles. The molecule has 0 spiro atoms. The van der Waals surface area contributed by atoms with Crippen LogP contribution in [-0.4, -0.2) is 44.7 Å². The molecule has 0 bridgehead atoms. The van der Waals surface area contributed by atoms with Gasteiger partial charge >= 0.3 is 0 Å². The van der Waals surface area contributed by atoms with Gasteiger partial charge in [-0.3, -0.25) is 0 Å². The summed E-state index contributed by atoms with van der Waals surface area (Å²) in [7, 11) is 4.42. The van der Waals surface area contributed by atoms with Crippen molar-refractivity contribution in [2.24, 2.45) is 0 Å². The maximum Gasteiger partial charge on any atom is 0.0471 e. The predicted molar refractivity (Wildman–Crippen MR) is 92.4 cm³/mol. The summed E-state index contributed by atoms with van der Waals surface area (Å²) in [5, 5.41) is 4.35. The molecule has 0 amide bonds. The number of benzene rings is 1. The lowest BCUT2D eigenvalue weighted by Crippen LogP contribution is -2.45. The number of hydrogen-bond donors (Lipinski definition) is 1. The second-order valence-electron chi connectivity index (χ2n) is 6.08. The highest BCUT2D eigenvalue weighted by Crippen LogP contribution is 2.29. The first-order chi connectivity index (χ1) is 10.1. The minimum Gasteiger partial charge on any atom is -0.370 e. The number of likely N-dealkylation sites (tertiary alicyclic amines) is 1. The molecule has 1 saturated heterocycles. The number of nitrogens with one attached hydrogen (secondary N) is 1. The molecular formula is C17H28ClN3. The lowest BCUT2D eigenvalue weighted by atomic mass is 10.0. The average Bonchev–Trinajstić information content (AvgIpc) is 2.48. The van der Waals surface area contributed by atoms with Gasteiger partial charge in [0.05, 0.1) is 0 Å². The fourth-order valence-corrected chi connectivity index (χ4v) is 3.33. The van der Waals surface area contributed by atoms with E-state index in [2.05, 4.69) is 48.3 Å². The van der Waals surface area contributed by atoms with Gasteiger partial charge in [0.15, 0.2) is 0 Å². The quantitative estimate of drug-likeness (QED) is 0.813. The fraction of sp³-hybridized carbons (Fsp3) is 0.647. The SMILES string of the molecule is CCCNCc1c(Cl)cccc1N(C)C1CCCN(C)C1. The maximum absolute atomic E-state index is 6.44. The monoisotopic (exact) mass is 309 g/mol. The number of likely N-dealkylation sites (N-methyl/N-ethyl adjacent to an activating group) is 2. The lowest BCUT2D eigenvalue weighted by molar-refractivity contribution is 0.248. The van der Waals surface area contributed by atoms with Crippen LogP contribution in [-0.2, 0) is 6.54 Å². The van der Waals surface area contributed by atoms with E-state index in [0.717, 1.165) is 31.1 Å². The highest BCUT2D eigenvalue weighted by Gasteiger charge is 2.23. The van der Waals surface area contributed by atoms with Gasteiger partial charge in [-0.1, -0.05) is 24.6 Å². The molecule has 1 aromatic carbocycles. The summed E-state index contributed by atoms with van der Waals surface area (Å²) in [4.78, 5) is 4.84. The Morgan fingerprint density at radius 2 is 2.24 bits per heavy atom. The Bertz CT molecular complexity index is 450. The first kappa shape index (κ1) is 16.6. The van der Waals surface area contributed by atoms with Crippen molar-refractivity contribution >= 4 is 17.3 Å². The van der Waals surface area contributed by atoms with Crippen LogP contribution >= 0.6 is 11.6 Å². The topological polar surface area (TPSA) is 18.5 Å². The summed E-state index contributed by atoms with van der Waals surface area (Å²) in [5.74, 6) is 0. The third kappa shape index (κ3) is 4.35. The van der Waals surface area contributed by atoms with Gasteiger partial charge < -0.3 is 15.1 Å². The van der Waals surface area contributed by atoms with Crippen molar-refractivity contribution in [2.45, 2.75) is 38.8 Å². The minimum atomic E-state index is 0.576. The van der Waals surface area contributed by atoms with Gasteiger partial charge in [-0.05, 0) is 51.5 Å². The van der Waals surface area contributed by atoms with E-state index in [1.54, 1.807) is 0 Å². The highest BCUT2D eigenvalue weighted by molar-refractivity contribution is 6.31. The summed E-state index contributed by atoms with van der Waals surface area (Å²) in [6, 6.07) is 6.83. The molecule has 118 valence electrons. The standard InChI is InChI=1S/C17H28ClN3/c1-4-10-19-12-15-16(18)8-5-9-17(15)21(3)14-7-6-11-20(2)13-14/h5,8-9,14,19H,4,6-7,10-13H2,1-3H3. The predicted octanol–water partition coefficient (Wildman–Crippen LogP) is 3.37. The van der Waals surface area contributed by atoms with Gasteiger partial charge in [0.1, 0.15) is 0 Å². The Hall–Kier alpha value is -0.770. The maximum atomic E-state index is 6.44. The number of halogens is 1. The summed E-state index contributed by atoms with van der Waals surface area (Å²) in [6.45, 7) is 6.40. The molecule has 1 aliphatic rings. The first-order valence-electron chi connectivity index (χ1n) is 8.03. The van der Waals surface area contributed by atoms with E-state index < -0.39 is 0 Å². The molecule has 2 rings (SSSR count). The highest BCUT2D eigenvalue weighted by atomic mass is 35.5. The van der Waals surface area contributed by atoms with Crippen LogP contribution in [0.5, 0.6) is 0 Å². The zero-order valence-corrected chi connectivity index (χ0v) is 14.3. The molecule has 0 aromatic heterocycles. The molecule has 3 nitrogen and oxygen atoms in total. The summed E-state index contributed by atoms with van der Waals surface area (Å²) >= 11 is 6.44. The second-order valence-corrected chi connectivity index (χ2v) is 6.49. The van der Waals surface area contributed by atoms with Crippen LogP contribution in [0.2, 0.25) is 5.02 Å². The zero-order valence-electron chi connectivity index (χ0n) is 13.5. The van der Waals surface area contributed by atoms with E-state index >= 15 is 0 Å². The molecule has 1 fully saturated rings. The van der Waals surface area contributed by atoms with Gasteiger partial charge in [-0.2, -0.15) is 0 Å². The second kappa shape index (κ2) is 8.02. The minimum absolute atomic E-state index is 0.576. The number of piperidine rings is 1. The van der Waals surface area contributed by atoms with Crippen molar-refractivity contribution in [1.29, 1.82) is 0 Å². The Morgan fingerprint density at radius 1 is 1.43 bits per heavy atom. The van der Waals surface area contributed by atoms with Crippen LogP contribution in [0.4, 0.5) is 5.69 Å². The van der Waals surface area contributed by atoms with Crippen LogP contribution in [0, 0.1) is 0 Å². The molecule has 0 radical (unpaired) electrons. The third-order valence-electron chi connectivity index (χ3n) is 4.35. The van der Waals surface area contributed by atoms with Crippen molar-refractivity contribution in [3.8, 4) is 0 Å². The molecule has 1 unspecified atom stereocenters. The number of anilines is 1. The Balaban J connectivity index is 2.15. The molecule has 1 aromatic rings. The van der Waals surface area contributed by atoms with Crippen molar-refractivity contribution in [3.05, 3.63) is 28.8 Å². The van der Waals surface area contributed by atoms with Gasteiger partial charge in [0.2, 0.25) is 0 Å². The largest absolute Gasteiger partial charge is 0.370 e. The number of hydrogen-bond acceptors (Lipinski definition) is 3. The van der Waals surface area contributed by atoms with E-state index in [9.17, 15) is 0 Å². The van der Waals surface area contributed by atoms with E-state index in [0.29, 0.717) is 6.04 Å². The van der Waals surface area contributed by atoms with Gasteiger partial charge in [-0.15, -0.1) is 0 Å². The molecule has 0 aliphatic carbocycles. The number of nitrogens with zero attached hydrogens (tertiary/aromatic N) is 2. The van der Waals surface area contributed by atoms with Crippen molar-refractivity contribution in [2.75, 3.05) is 38.6 Å². The summed E-state index contributed by atoms with van der Waals surface area (Å²) in [6.07, 6.45) is 3.67. The molecule has 21 heavy (non-hydrogen) atoms. The van der Waals surface area contributed by atoms with Gasteiger partial charge in [0, 0.05) is 42.5 Å². The van der Waals surface area contributed by atoms with Crippen LogP contribution < -0.4 is 10.2 Å². The van der Waals surface area contributed by atoms with E-state index in [4.69, 9.17) is 11.6 Å². The van der Waals surface area contributed by atoms with E-state index in [1.165, 1.54) is 30.6 Å². The smallest absolute Gasteiger partial charge is 0.0471 e. The number of rotatable bonds is 6. The Labute approximate surface area is 134 Å². The van der Waals surface area contributed by atoms with E-state index in [1.807, 2.05) is 6.07 Å². The average molecular weight is 310 g/mol. The van der Waals surface area contributed by atoms with Crippen LogP contribution in [0.25, 0.3) is 0 Å². The summed E-state index contributed by atoms with van der Waals surface area (Å²) < 4.78 is 0. The Kier molecular flexibility index (Phi) is 6.34. The van der Waals surface area contributed by atoms with Crippen molar-refractivity contribution in [1.82, 2.24) is 10.2 Å². The molecule has 0 saturated carbocycles. The third-order valence-corrected chi connectivity index (χ3v) is 4.70. The van der Waals surface area contributed by atoms with Crippen LogP contribution in [0.1, 0.15) is 31.7 Å². The van der Waals surface area contributed by atoms with Crippen molar-refractivity contribution < 1.29 is 0 Å². The lowest BCUT2D eigenvalue weighted by Gasteiger charge is -2.38. The zero-order chi connectivity index (χ0) is 15.2. The van der Waals surface area contributed by atoms with E-state index in [-0.39, 0.29) is 0 Å². The van der Waals surface area contributed by atoms with Gasteiger partial charge in [-0.25, -0.2) is 0 Å². The van der Waals surface area contributed by atoms with Gasteiger partial charge in [0.25, 0.3) is 0 Å². The normalized spacial score (nSPS) is 19.7. The molecule has 4 heteroatoms. The van der Waals surface area contributed by atoms with Crippen LogP contribution in [0.3, 0.4) is 0 Å². The molecular weight excluding hydrogens is 282 g/mol. The molecule has 1 aliphatic heterocycles. The molecule has 1 atom stereocenters. The Morgan fingerprint density at radius 3 is 2.95 bits per heavy atom. The fourth-order valence-electron chi connectivity index (χ4n) is 3.09. The van der Waals surface area contributed by atoms with Crippen molar-refractivity contribution in [3.63, 3.8) is 0 Å².